The van der Waals surface area contributed by atoms with Gasteiger partial charge in [-0.05, 0) is 23.3 Å². The quantitative estimate of drug-likeness (QED) is 0.840. The van der Waals surface area contributed by atoms with Crippen LogP contribution < -0.4 is 0 Å². The predicted octanol–water partition coefficient (Wildman–Crippen LogP) is 2.97. The van der Waals surface area contributed by atoms with Crippen LogP contribution >= 0.6 is 11.6 Å². The van der Waals surface area contributed by atoms with Crippen LogP contribution in [0.15, 0.2) is 24.8 Å². The van der Waals surface area contributed by atoms with E-state index >= 15 is 0 Å². The maximum atomic E-state index is 12.7. The predicted molar refractivity (Wildman–Crippen MR) is 52.7 cm³/mol. The Hall–Kier alpha value is -1.35. The number of carboxylic acids is 1. The fraction of sp³-hybridized carbons (Fsp3) is 0.100. The highest BCUT2D eigenvalue weighted by Crippen LogP contribution is 2.22. The molecule has 14 heavy (non-hydrogen) atoms. The van der Waals surface area contributed by atoms with Gasteiger partial charge < -0.3 is 5.11 Å². The highest BCUT2D eigenvalue weighted by molar-refractivity contribution is 6.30. The zero-order chi connectivity index (χ0) is 10.7. The molecule has 4 heteroatoms. The number of aliphatic carboxylic acids is 1. The molecule has 0 aliphatic carbocycles. The second-order valence-electron chi connectivity index (χ2n) is 2.80. The minimum Gasteiger partial charge on any atom is -0.481 e. The van der Waals surface area contributed by atoms with Crippen LogP contribution in [0.5, 0.6) is 0 Å². The Morgan fingerprint density at radius 3 is 2.71 bits per heavy atom. The molecule has 2 nitrogen and oxygen atoms in total. The summed E-state index contributed by atoms with van der Waals surface area (Å²) in [7, 11) is 0. The van der Waals surface area contributed by atoms with Crippen molar-refractivity contribution in [1.82, 2.24) is 0 Å². The Bertz CT molecular complexity index is 388. The third-order valence-electron chi connectivity index (χ3n) is 1.69. The van der Waals surface area contributed by atoms with Crippen molar-refractivity contribution in [2.75, 3.05) is 0 Å². The van der Waals surface area contributed by atoms with E-state index in [1.165, 1.54) is 18.2 Å². The minimum absolute atomic E-state index is 0.0333. The van der Waals surface area contributed by atoms with E-state index in [0.29, 0.717) is 11.1 Å². The van der Waals surface area contributed by atoms with Crippen LogP contribution in [-0.2, 0) is 4.79 Å². The first-order chi connectivity index (χ1) is 6.50. The van der Waals surface area contributed by atoms with Gasteiger partial charge in [0.15, 0.2) is 0 Å². The first-order valence-electron chi connectivity index (χ1n) is 3.85. The molecule has 1 rings (SSSR count). The standard InChI is InChI=1S/C10H8ClFO2/c1-6(4-10(13)14)7-2-3-9(12)8(11)5-7/h2-3,5H,1,4H2,(H,13,14). The van der Waals surface area contributed by atoms with Crippen molar-refractivity contribution < 1.29 is 14.3 Å². The topological polar surface area (TPSA) is 37.3 Å². The van der Waals surface area contributed by atoms with Crippen LogP contribution in [0.2, 0.25) is 5.02 Å². The summed E-state index contributed by atoms with van der Waals surface area (Å²) in [6.45, 7) is 3.57. The normalized spacial score (nSPS) is 9.86. The molecule has 0 heterocycles. The SMILES string of the molecule is C=C(CC(=O)O)c1ccc(F)c(Cl)c1. The summed E-state index contributed by atoms with van der Waals surface area (Å²) in [6.07, 6.45) is -0.179. The Morgan fingerprint density at radius 2 is 2.21 bits per heavy atom. The summed E-state index contributed by atoms with van der Waals surface area (Å²) in [5, 5.41) is 8.47. The van der Waals surface area contributed by atoms with Crippen molar-refractivity contribution in [3.8, 4) is 0 Å². The van der Waals surface area contributed by atoms with Gasteiger partial charge >= 0.3 is 5.97 Å². The molecule has 1 N–H and O–H groups in total. The molecule has 0 unspecified atom stereocenters. The minimum atomic E-state index is -0.976. The summed E-state index contributed by atoms with van der Waals surface area (Å²) in [5.41, 5.74) is 0.943. The first kappa shape index (κ1) is 10.7. The summed E-state index contributed by atoms with van der Waals surface area (Å²) in [4.78, 5) is 10.4. The van der Waals surface area contributed by atoms with Gasteiger partial charge in [0.2, 0.25) is 0 Å². The molecule has 74 valence electrons. The molecule has 0 fully saturated rings. The van der Waals surface area contributed by atoms with Crippen molar-refractivity contribution in [2.45, 2.75) is 6.42 Å². The lowest BCUT2D eigenvalue weighted by Crippen LogP contribution is -1.96. The van der Waals surface area contributed by atoms with Crippen LogP contribution in [0.1, 0.15) is 12.0 Å². The average Bonchev–Trinajstić information content (AvgIpc) is 2.08. The second-order valence-corrected chi connectivity index (χ2v) is 3.21. The van der Waals surface area contributed by atoms with E-state index in [1.807, 2.05) is 0 Å². The monoisotopic (exact) mass is 214 g/mol. The van der Waals surface area contributed by atoms with Gasteiger partial charge in [-0.2, -0.15) is 0 Å². The van der Waals surface area contributed by atoms with Crippen LogP contribution in [0, 0.1) is 5.82 Å². The zero-order valence-electron chi connectivity index (χ0n) is 7.26. The second kappa shape index (κ2) is 4.24. The molecule has 0 atom stereocenters. The maximum Gasteiger partial charge on any atom is 0.307 e. The van der Waals surface area contributed by atoms with Crippen molar-refractivity contribution in [2.24, 2.45) is 0 Å². The Kier molecular flexibility index (Phi) is 3.25. The molecule has 1 aromatic rings. The van der Waals surface area contributed by atoms with Crippen molar-refractivity contribution in [3.05, 3.63) is 41.2 Å². The summed E-state index contributed by atoms with van der Waals surface area (Å²) in [6, 6.07) is 4.00. The number of carboxylic acid groups (broad SMARTS) is 1. The van der Waals surface area contributed by atoms with Crippen molar-refractivity contribution in [1.29, 1.82) is 0 Å². The average molecular weight is 215 g/mol. The van der Waals surface area contributed by atoms with E-state index in [0.717, 1.165) is 0 Å². The van der Waals surface area contributed by atoms with Gasteiger partial charge in [-0.3, -0.25) is 4.79 Å². The summed E-state index contributed by atoms with van der Waals surface area (Å²) < 4.78 is 12.7. The van der Waals surface area contributed by atoms with Gasteiger partial charge in [0.05, 0.1) is 11.4 Å². The largest absolute Gasteiger partial charge is 0.481 e. The molecule has 0 bridgehead atoms. The van der Waals surface area contributed by atoms with Gasteiger partial charge in [0.1, 0.15) is 5.82 Å². The maximum absolute atomic E-state index is 12.7. The number of hydrogen-bond acceptors (Lipinski definition) is 1. The first-order valence-corrected chi connectivity index (χ1v) is 4.23. The Morgan fingerprint density at radius 1 is 1.57 bits per heavy atom. The van der Waals surface area contributed by atoms with E-state index in [9.17, 15) is 9.18 Å². The molecule has 0 spiro atoms. The molecular weight excluding hydrogens is 207 g/mol. The lowest BCUT2D eigenvalue weighted by Gasteiger charge is -2.03. The fourth-order valence-corrected chi connectivity index (χ4v) is 1.18. The molecule has 0 amide bonds. The number of benzene rings is 1. The summed E-state index contributed by atoms with van der Waals surface area (Å²) in [5.74, 6) is -1.51. The van der Waals surface area contributed by atoms with E-state index in [4.69, 9.17) is 16.7 Å². The van der Waals surface area contributed by atoms with Crippen LogP contribution in [-0.4, -0.2) is 11.1 Å². The van der Waals surface area contributed by atoms with Crippen LogP contribution in [0.4, 0.5) is 4.39 Å². The molecule has 0 aliphatic heterocycles. The Labute approximate surface area is 85.6 Å². The highest BCUT2D eigenvalue weighted by Gasteiger charge is 2.06. The van der Waals surface area contributed by atoms with Crippen LogP contribution in [0.25, 0.3) is 5.57 Å². The van der Waals surface area contributed by atoms with Crippen molar-refractivity contribution in [3.63, 3.8) is 0 Å². The van der Waals surface area contributed by atoms with Gasteiger partial charge in [0, 0.05) is 0 Å². The fourth-order valence-electron chi connectivity index (χ4n) is 1.00. The molecule has 0 saturated carbocycles. The number of halogens is 2. The van der Waals surface area contributed by atoms with Gasteiger partial charge in [-0.25, -0.2) is 4.39 Å². The van der Waals surface area contributed by atoms with Crippen molar-refractivity contribution >= 4 is 23.1 Å². The molecule has 0 saturated heterocycles. The van der Waals surface area contributed by atoms with Crippen LogP contribution in [0.3, 0.4) is 0 Å². The van der Waals surface area contributed by atoms with E-state index in [1.54, 1.807) is 0 Å². The third kappa shape index (κ3) is 2.57. The smallest absolute Gasteiger partial charge is 0.307 e. The lowest BCUT2D eigenvalue weighted by atomic mass is 10.1. The highest BCUT2D eigenvalue weighted by atomic mass is 35.5. The van der Waals surface area contributed by atoms with E-state index in [-0.39, 0.29) is 11.4 Å². The number of hydrogen-bond donors (Lipinski definition) is 1. The Balaban J connectivity index is 2.91. The lowest BCUT2D eigenvalue weighted by molar-refractivity contribution is -0.135. The summed E-state index contributed by atoms with van der Waals surface area (Å²) >= 11 is 5.53. The molecule has 0 radical (unpaired) electrons. The van der Waals surface area contributed by atoms with E-state index in [2.05, 4.69) is 6.58 Å². The number of rotatable bonds is 3. The number of carbonyl (C=O) groups is 1. The van der Waals surface area contributed by atoms with Gasteiger partial charge in [-0.15, -0.1) is 0 Å². The van der Waals surface area contributed by atoms with Gasteiger partial charge in [0.25, 0.3) is 0 Å². The molecule has 0 aliphatic rings. The van der Waals surface area contributed by atoms with E-state index < -0.39 is 11.8 Å². The molecule has 1 aromatic carbocycles. The molecular formula is C10H8ClFO2. The van der Waals surface area contributed by atoms with Gasteiger partial charge in [-0.1, -0.05) is 24.2 Å². The molecule has 0 aromatic heterocycles. The zero-order valence-corrected chi connectivity index (χ0v) is 8.01. The third-order valence-corrected chi connectivity index (χ3v) is 1.98.